The van der Waals surface area contributed by atoms with Crippen molar-refractivity contribution >= 4 is 33.5 Å². The lowest BCUT2D eigenvalue weighted by Crippen LogP contribution is -2.12. The van der Waals surface area contributed by atoms with Gasteiger partial charge in [0.15, 0.2) is 0 Å². The predicted octanol–water partition coefficient (Wildman–Crippen LogP) is 5.25. The topological polar surface area (TPSA) is 60.7 Å². The van der Waals surface area contributed by atoms with Gasteiger partial charge in [0, 0.05) is 22.4 Å². The van der Waals surface area contributed by atoms with Gasteiger partial charge in [0.2, 0.25) is 0 Å². The van der Waals surface area contributed by atoms with Crippen molar-refractivity contribution in [2.24, 2.45) is 0 Å². The first kappa shape index (κ1) is 17.0. The molecule has 0 fully saturated rings. The zero-order chi connectivity index (χ0) is 18.8. The molecule has 4 aromatic rings. The first-order valence-corrected chi connectivity index (χ1v) is 8.73. The largest absolute Gasteiger partial charge is 0.495 e. The van der Waals surface area contributed by atoms with E-state index in [4.69, 9.17) is 13.9 Å². The average Bonchev–Trinajstić information content (AvgIpc) is 3.05. The fourth-order valence-corrected chi connectivity index (χ4v) is 3.08. The van der Waals surface area contributed by atoms with Crippen LogP contribution in [0.25, 0.3) is 21.9 Å². The van der Waals surface area contributed by atoms with Crippen LogP contribution in [0.15, 0.2) is 65.1 Å². The van der Waals surface area contributed by atoms with Crippen molar-refractivity contribution in [3.8, 4) is 11.5 Å². The predicted molar refractivity (Wildman–Crippen MR) is 106 cm³/mol. The van der Waals surface area contributed by atoms with Crippen molar-refractivity contribution in [2.45, 2.75) is 6.92 Å². The Balaban J connectivity index is 1.68. The maximum absolute atomic E-state index is 12.6. The molecule has 4 rings (SSSR count). The number of methoxy groups -OCH3 is 1. The molecule has 1 amide bonds. The number of ether oxygens (including phenoxy) is 2. The Morgan fingerprint density at radius 2 is 1.78 bits per heavy atom. The molecule has 1 heterocycles. The van der Waals surface area contributed by atoms with Gasteiger partial charge >= 0.3 is 0 Å². The Kier molecular flexibility index (Phi) is 4.42. The molecular formula is C22H19NO4. The molecule has 1 N–H and O–H groups in total. The van der Waals surface area contributed by atoms with E-state index in [1.165, 1.54) is 0 Å². The zero-order valence-electron chi connectivity index (χ0n) is 15.1. The number of fused-ring (bicyclic) bond motifs is 3. The molecule has 3 aromatic carbocycles. The van der Waals surface area contributed by atoms with Crippen LogP contribution < -0.4 is 14.8 Å². The van der Waals surface area contributed by atoms with E-state index in [0.29, 0.717) is 29.2 Å². The zero-order valence-corrected chi connectivity index (χ0v) is 15.1. The highest BCUT2D eigenvalue weighted by Crippen LogP contribution is 2.36. The second-order valence-corrected chi connectivity index (χ2v) is 6.06. The number of nitrogens with one attached hydrogen (secondary N) is 1. The minimum Gasteiger partial charge on any atom is -0.495 e. The van der Waals surface area contributed by atoms with Crippen molar-refractivity contribution < 1.29 is 18.7 Å². The fraction of sp³-hybridized carbons (Fsp3) is 0.136. The smallest absolute Gasteiger partial charge is 0.255 e. The van der Waals surface area contributed by atoms with Crippen LogP contribution in [-0.4, -0.2) is 19.6 Å². The molecule has 1 aromatic heterocycles. The molecule has 136 valence electrons. The highest BCUT2D eigenvalue weighted by molar-refractivity contribution is 6.10. The summed E-state index contributed by atoms with van der Waals surface area (Å²) in [6.07, 6.45) is 0. The Morgan fingerprint density at radius 1 is 1.00 bits per heavy atom. The summed E-state index contributed by atoms with van der Waals surface area (Å²) in [6, 6.07) is 18.5. The van der Waals surface area contributed by atoms with Crippen molar-refractivity contribution in [2.75, 3.05) is 19.0 Å². The summed E-state index contributed by atoms with van der Waals surface area (Å²) in [5.74, 6) is 1.08. The summed E-state index contributed by atoms with van der Waals surface area (Å²) >= 11 is 0. The maximum Gasteiger partial charge on any atom is 0.255 e. The van der Waals surface area contributed by atoms with Gasteiger partial charge in [-0.3, -0.25) is 4.79 Å². The standard InChI is InChI=1S/C22H19NO4/c1-3-26-15-10-8-14(9-11-15)22(24)23-18-13-20-17(12-21(18)25-2)16-6-4-5-7-19(16)27-20/h4-13H,3H2,1-2H3,(H,23,24). The number of carbonyl (C=O) groups excluding carboxylic acids is 1. The molecule has 0 aliphatic heterocycles. The Labute approximate surface area is 156 Å². The second-order valence-electron chi connectivity index (χ2n) is 6.06. The minimum absolute atomic E-state index is 0.230. The summed E-state index contributed by atoms with van der Waals surface area (Å²) in [4.78, 5) is 12.6. The highest BCUT2D eigenvalue weighted by atomic mass is 16.5. The van der Waals surface area contributed by atoms with E-state index in [0.717, 1.165) is 22.1 Å². The van der Waals surface area contributed by atoms with Crippen LogP contribution in [0.5, 0.6) is 11.5 Å². The van der Waals surface area contributed by atoms with Gasteiger partial charge in [-0.25, -0.2) is 0 Å². The summed E-state index contributed by atoms with van der Waals surface area (Å²) in [7, 11) is 1.58. The molecule has 27 heavy (non-hydrogen) atoms. The molecule has 0 saturated heterocycles. The summed E-state index contributed by atoms with van der Waals surface area (Å²) < 4.78 is 16.8. The van der Waals surface area contributed by atoms with Gasteiger partial charge in [-0.15, -0.1) is 0 Å². The quantitative estimate of drug-likeness (QED) is 0.528. The van der Waals surface area contributed by atoms with Gasteiger partial charge in [0.1, 0.15) is 22.7 Å². The molecule has 0 bridgehead atoms. The number of benzene rings is 3. The first-order valence-electron chi connectivity index (χ1n) is 8.73. The van der Waals surface area contributed by atoms with E-state index in [9.17, 15) is 4.79 Å². The summed E-state index contributed by atoms with van der Waals surface area (Å²) in [5.41, 5.74) is 2.58. The average molecular weight is 361 g/mol. The van der Waals surface area contributed by atoms with Gasteiger partial charge in [0.05, 0.1) is 19.4 Å². The number of para-hydroxylation sites is 1. The van der Waals surface area contributed by atoms with Crippen molar-refractivity contribution in [1.29, 1.82) is 0 Å². The van der Waals surface area contributed by atoms with E-state index in [2.05, 4.69) is 5.32 Å². The summed E-state index contributed by atoms with van der Waals surface area (Å²) in [5, 5.41) is 4.86. The summed E-state index contributed by atoms with van der Waals surface area (Å²) in [6.45, 7) is 2.50. The number of carbonyl (C=O) groups is 1. The molecule has 5 heteroatoms. The van der Waals surface area contributed by atoms with Gasteiger partial charge in [0.25, 0.3) is 5.91 Å². The lowest BCUT2D eigenvalue weighted by molar-refractivity contribution is 0.102. The van der Waals surface area contributed by atoms with E-state index >= 15 is 0 Å². The van der Waals surface area contributed by atoms with Crippen LogP contribution in [-0.2, 0) is 0 Å². The van der Waals surface area contributed by atoms with Gasteiger partial charge in [-0.05, 0) is 43.3 Å². The van der Waals surface area contributed by atoms with Crippen LogP contribution in [0.1, 0.15) is 17.3 Å². The molecule has 0 unspecified atom stereocenters. The monoisotopic (exact) mass is 361 g/mol. The molecule has 0 saturated carbocycles. The van der Waals surface area contributed by atoms with Crippen molar-refractivity contribution in [3.05, 3.63) is 66.2 Å². The van der Waals surface area contributed by atoms with E-state index in [-0.39, 0.29) is 5.91 Å². The Morgan fingerprint density at radius 3 is 2.52 bits per heavy atom. The highest BCUT2D eigenvalue weighted by Gasteiger charge is 2.15. The molecular weight excluding hydrogens is 342 g/mol. The molecule has 0 atom stereocenters. The normalized spacial score (nSPS) is 10.9. The third-order valence-electron chi connectivity index (χ3n) is 4.37. The van der Waals surface area contributed by atoms with Crippen LogP contribution in [0.4, 0.5) is 5.69 Å². The molecule has 0 radical (unpaired) electrons. The van der Waals surface area contributed by atoms with Crippen LogP contribution in [0.2, 0.25) is 0 Å². The molecule has 0 aliphatic rings. The van der Waals surface area contributed by atoms with E-state index < -0.39 is 0 Å². The van der Waals surface area contributed by atoms with E-state index in [1.807, 2.05) is 37.3 Å². The van der Waals surface area contributed by atoms with Crippen molar-refractivity contribution in [3.63, 3.8) is 0 Å². The molecule has 5 nitrogen and oxygen atoms in total. The third kappa shape index (κ3) is 3.19. The van der Waals surface area contributed by atoms with E-state index in [1.54, 1.807) is 37.4 Å². The Bertz CT molecular complexity index is 1110. The number of amides is 1. The van der Waals surface area contributed by atoms with Gasteiger partial charge in [-0.2, -0.15) is 0 Å². The molecule has 0 spiro atoms. The SMILES string of the molecule is CCOc1ccc(C(=O)Nc2cc3oc4ccccc4c3cc2OC)cc1. The lowest BCUT2D eigenvalue weighted by Gasteiger charge is -2.11. The maximum atomic E-state index is 12.6. The number of furan rings is 1. The number of anilines is 1. The Hall–Kier alpha value is -3.47. The molecule has 0 aliphatic carbocycles. The fourth-order valence-electron chi connectivity index (χ4n) is 3.08. The first-order chi connectivity index (χ1) is 13.2. The minimum atomic E-state index is -0.230. The van der Waals surface area contributed by atoms with Gasteiger partial charge in [-0.1, -0.05) is 18.2 Å². The number of rotatable bonds is 5. The van der Waals surface area contributed by atoms with Crippen molar-refractivity contribution in [1.82, 2.24) is 0 Å². The van der Waals surface area contributed by atoms with Gasteiger partial charge < -0.3 is 19.2 Å². The third-order valence-corrected chi connectivity index (χ3v) is 4.37. The number of hydrogen-bond acceptors (Lipinski definition) is 4. The second kappa shape index (κ2) is 7.03. The lowest BCUT2D eigenvalue weighted by atomic mass is 10.1. The van der Waals surface area contributed by atoms with Crippen LogP contribution >= 0.6 is 0 Å². The van der Waals surface area contributed by atoms with Crippen LogP contribution in [0.3, 0.4) is 0 Å². The number of hydrogen-bond donors (Lipinski definition) is 1. The van der Waals surface area contributed by atoms with Crippen LogP contribution in [0, 0.1) is 0 Å².